The van der Waals surface area contributed by atoms with Gasteiger partial charge in [0.1, 0.15) is 0 Å². The molecule has 17 heavy (non-hydrogen) atoms. The first-order valence-corrected chi connectivity index (χ1v) is 6.98. The van der Waals surface area contributed by atoms with Crippen LogP contribution < -0.4 is 5.73 Å². The maximum absolute atomic E-state index is 5.80. The van der Waals surface area contributed by atoms with Crippen molar-refractivity contribution in [2.75, 3.05) is 27.2 Å². The van der Waals surface area contributed by atoms with E-state index in [2.05, 4.69) is 44.7 Å². The monoisotopic (exact) mass is 300 g/mol. The number of halogens is 1. The summed E-state index contributed by atoms with van der Waals surface area (Å²) < 4.78 is 3.27. The Hall–Kier alpha value is -0.390. The third-order valence-corrected chi connectivity index (χ3v) is 4.27. The summed E-state index contributed by atoms with van der Waals surface area (Å²) in [5, 5.41) is 4.46. The molecule has 1 fully saturated rings. The highest BCUT2D eigenvalue weighted by Crippen LogP contribution is 2.44. The molecule has 96 valence electrons. The summed E-state index contributed by atoms with van der Waals surface area (Å²) in [5.41, 5.74) is 7.14. The summed E-state index contributed by atoms with van der Waals surface area (Å²) in [6.45, 7) is 2.75. The molecular weight excluding hydrogens is 280 g/mol. The molecule has 0 bridgehead atoms. The highest BCUT2D eigenvalue weighted by molar-refractivity contribution is 9.10. The maximum Gasteiger partial charge on any atom is 0.0635 e. The van der Waals surface area contributed by atoms with Gasteiger partial charge in [-0.05, 0) is 55.3 Å². The van der Waals surface area contributed by atoms with Crippen LogP contribution in [0.3, 0.4) is 0 Å². The molecule has 5 heteroatoms. The van der Waals surface area contributed by atoms with Crippen LogP contribution >= 0.6 is 15.9 Å². The van der Waals surface area contributed by atoms with Crippen molar-refractivity contribution < 1.29 is 0 Å². The normalized spacial score (nSPS) is 24.1. The van der Waals surface area contributed by atoms with E-state index >= 15 is 0 Å². The Balaban J connectivity index is 2.12. The zero-order valence-electron chi connectivity index (χ0n) is 10.6. The molecular formula is C12H21BrN4. The zero-order valence-corrected chi connectivity index (χ0v) is 12.2. The van der Waals surface area contributed by atoms with E-state index in [0.29, 0.717) is 11.8 Å². The van der Waals surface area contributed by atoms with Crippen LogP contribution in [0.15, 0.2) is 10.7 Å². The van der Waals surface area contributed by atoms with Gasteiger partial charge in [0.2, 0.25) is 0 Å². The maximum atomic E-state index is 5.80. The number of likely N-dealkylation sites (N-methyl/N-ethyl adjacent to an activating group) is 1. The Morgan fingerprint density at radius 2 is 2.29 bits per heavy atom. The van der Waals surface area contributed by atoms with E-state index in [0.717, 1.165) is 24.1 Å². The van der Waals surface area contributed by atoms with Gasteiger partial charge >= 0.3 is 0 Å². The van der Waals surface area contributed by atoms with Gasteiger partial charge in [-0.15, -0.1) is 0 Å². The predicted molar refractivity (Wildman–Crippen MR) is 73.0 cm³/mol. The quantitative estimate of drug-likeness (QED) is 0.900. The highest BCUT2D eigenvalue weighted by atomic mass is 79.9. The molecule has 1 aliphatic rings. The van der Waals surface area contributed by atoms with Crippen LogP contribution in [0.2, 0.25) is 0 Å². The van der Waals surface area contributed by atoms with Crippen molar-refractivity contribution in [1.29, 1.82) is 0 Å². The van der Waals surface area contributed by atoms with Crippen molar-refractivity contribution in [3.8, 4) is 0 Å². The lowest BCUT2D eigenvalue weighted by atomic mass is 9.72. The van der Waals surface area contributed by atoms with Crippen molar-refractivity contribution in [3.63, 3.8) is 0 Å². The van der Waals surface area contributed by atoms with E-state index in [1.54, 1.807) is 0 Å². The number of nitrogens with two attached hydrogens (primary N) is 1. The molecule has 2 unspecified atom stereocenters. The average molecular weight is 301 g/mol. The minimum atomic E-state index is 0.596. The van der Waals surface area contributed by atoms with Gasteiger partial charge in [0.15, 0.2) is 0 Å². The van der Waals surface area contributed by atoms with Crippen LogP contribution in [0.25, 0.3) is 0 Å². The number of aromatic nitrogens is 2. The van der Waals surface area contributed by atoms with Gasteiger partial charge in [-0.1, -0.05) is 0 Å². The fraction of sp³-hybridized carbons (Fsp3) is 0.750. The molecule has 1 heterocycles. The Kier molecular flexibility index (Phi) is 4.22. The molecule has 2 rings (SSSR count). The molecule has 0 spiro atoms. The third-order valence-electron chi connectivity index (χ3n) is 3.66. The Morgan fingerprint density at radius 1 is 1.53 bits per heavy atom. The number of rotatable bonds is 5. The van der Waals surface area contributed by atoms with E-state index in [4.69, 9.17) is 5.73 Å². The average Bonchev–Trinajstić information content (AvgIpc) is 2.58. The van der Waals surface area contributed by atoms with E-state index in [-0.39, 0.29) is 0 Å². The Morgan fingerprint density at radius 3 is 2.82 bits per heavy atom. The van der Waals surface area contributed by atoms with Crippen LogP contribution in [0.1, 0.15) is 24.5 Å². The summed E-state index contributed by atoms with van der Waals surface area (Å²) in [5.74, 6) is 1.24. The second-order valence-electron chi connectivity index (χ2n) is 5.08. The lowest BCUT2D eigenvalue weighted by Crippen LogP contribution is -2.33. The first-order chi connectivity index (χ1) is 8.13. The summed E-state index contributed by atoms with van der Waals surface area (Å²) >= 11 is 3.62. The van der Waals surface area contributed by atoms with Gasteiger partial charge in [-0.2, -0.15) is 5.10 Å². The largest absolute Gasteiger partial charge is 0.330 e. The van der Waals surface area contributed by atoms with Crippen molar-refractivity contribution in [2.45, 2.75) is 25.3 Å². The van der Waals surface area contributed by atoms with Crippen LogP contribution in [0.4, 0.5) is 0 Å². The molecule has 1 aromatic heterocycles. The molecule has 2 atom stereocenters. The van der Waals surface area contributed by atoms with Gasteiger partial charge in [0, 0.05) is 12.5 Å². The van der Waals surface area contributed by atoms with E-state index in [1.807, 2.05) is 6.20 Å². The molecule has 1 aliphatic carbocycles. The minimum absolute atomic E-state index is 0.596. The zero-order chi connectivity index (χ0) is 12.4. The fourth-order valence-electron chi connectivity index (χ4n) is 2.42. The van der Waals surface area contributed by atoms with Gasteiger partial charge in [0.25, 0.3) is 0 Å². The van der Waals surface area contributed by atoms with Crippen molar-refractivity contribution >= 4 is 15.9 Å². The van der Waals surface area contributed by atoms with Gasteiger partial charge in [-0.25, -0.2) is 0 Å². The van der Waals surface area contributed by atoms with Gasteiger partial charge in [-0.3, -0.25) is 4.68 Å². The number of hydrogen-bond donors (Lipinski definition) is 1. The van der Waals surface area contributed by atoms with Crippen LogP contribution in [-0.4, -0.2) is 41.9 Å². The predicted octanol–water partition coefficient (Wildman–Crippen LogP) is 1.66. The molecule has 0 saturated heterocycles. The topological polar surface area (TPSA) is 47.1 Å². The van der Waals surface area contributed by atoms with Crippen LogP contribution in [0.5, 0.6) is 0 Å². The Labute approximate surface area is 111 Å². The lowest BCUT2D eigenvalue weighted by Gasteiger charge is -2.36. The molecule has 4 nitrogen and oxygen atoms in total. The van der Waals surface area contributed by atoms with Crippen LogP contribution in [-0.2, 0) is 6.54 Å². The van der Waals surface area contributed by atoms with Crippen LogP contribution in [0, 0.1) is 5.92 Å². The summed E-state index contributed by atoms with van der Waals surface area (Å²) in [6.07, 6.45) is 4.41. The first kappa shape index (κ1) is 13.1. The summed E-state index contributed by atoms with van der Waals surface area (Å²) in [7, 11) is 4.18. The van der Waals surface area contributed by atoms with E-state index in [9.17, 15) is 0 Å². The standard InChI is InChI=1S/C12H21BrN4/c1-16(2)5-6-17-12(11(13)8-15-17)10-4-3-9(10)7-14/h8-10H,3-7,14H2,1-2H3. The van der Waals surface area contributed by atoms with E-state index in [1.165, 1.54) is 18.5 Å². The third kappa shape index (κ3) is 2.72. The smallest absolute Gasteiger partial charge is 0.0635 e. The second-order valence-corrected chi connectivity index (χ2v) is 5.94. The van der Waals surface area contributed by atoms with Gasteiger partial charge < -0.3 is 10.6 Å². The Bertz CT molecular complexity index is 373. The van der Waals surface area contributed by atoms with E-state index < -0.39 is 0 Å². The fourth-order valence-corrected chi connectivity index (χ4v) is 3.01. The highest BCUT2D eigenvalue weighted by Gasteiger charge is 2.34. The van der Waals surface area contributed by atoms with Crippen molar-refractivity contribution in [2.24, 2.45) is 11.7 Å². The number of hydrogen-bond acceptors (Lipinski definition) is 3. The van der Waals surface area contributed by atoms with Crippen molar-refractivity contribution in [1.82, 2.24) is 14.7 Å². The molecule has 0 aromatic carbocycles. The SMILES string of the molecule is CN(C)CCn1ncc(Br)c1C1CCC1CN. The molecule has 0 amide bonds. The minimum Gasteiger partial charge on any atom is -0.330 e. The molecule has 2 N–H and O–H groups in total. The van der Waals surface area contributed by atoms with Crippen molar-refractivity contribution in [3.05, 3.63) is 16.4 Å². The molecule has 0 radical (unpaired) electrons. The van der Waals surface area contributed by atoms with Gasteiger partial charge in [0.05, 0.1) is 22.9 Å². The second kappa shape index (κ2) is 5.50. The first-order valence-electron chi connectivity index (χ1n) is 6.19. The summed E-state index contributed by atoms with van der Waals surface area (Å²) in [6, 6.07) is 0. The molecule has 0 aliphatic heterocycles. The molecule has 1 saturated carbocycles. The molecule has 1 aromatic rings. The summed E-state index contributed by atoms with van der Waals surface area (Å²) in [4.78, 5) is 2.18. The lowest BCUT2D eigenvalue weighted by molar-refractivity contribution is 0.245. The number of nitrogens with zero attached hydrogens (tertiary/aromatic N) is 3.